The van der Waals surface area contributed by atoms with Crippen LogP contribution in [0, 0.1) is 5.82 Å². The van der Waals surface area contributed by atoms with Crippen molar-refractivity contribution in [3.63, 3.8) is 0 Å². The molecule has 1 unspecified atom stereocenters. The van der Waals surface area contributed by atoms with Crippen molar-refractivity contribution in [2.75, 3.05) is 6.54 Å². The van der Waals surface area contributed by atoms with Crippen molar-refractivity contribution in [1.29, 1.82) is 0 Å². The van der Waals surface area contributed by atoms with E-state index in [1.165, 1.54) is 6.07 Å². The van der Waals surface area contributed by atoms with E-state index in [9.17, 15) is 4.39 Å². The average molecular weight is 293 g/mol. The Hall–Kier alpha value is -1.39. The van der Waals surface area contributed by atoms with Crippen LogP contribution in [0.4, 0.5) is 4.39 Å². The monoisotopic (exact) mass is 293 g/mol. The fourth-order valence-electron chi connectivity index (χ4n) is 2.07. The molecule has 1 N–H and O–H groups in total. The van der Waals surface area contributed by atoms with Crippen LogP contribution in [0.5, 0.6) is 5.75 Å². The van der Waals surface area contributed by atoms with E-state index >= 15 is 0 Å². The van der Waals surface area contributed by atoms with E-state index in [4.69, 9.17) is 4.74 Å². The van der Waals surface area contributed by atoms with Gasteiger partial charge in [0, 0.05) is 16.5 Å². The van der Waals surface area contributed by atoms with Crippen molar-refractivity contribution >= 4 is 11.3 Å². The van der Waals surface area contributed by atoms with E-state index in [1.807, 2.05) is 30.5 Å². The van der Waals surface area contributed by atoms with Gasteiger partial charge in [-0.3, -0.25) is 0 Å². The van der Waals surface area contributed by atoms with Crippen molar-refractivity contribution < 1.29 is 9.13 Å². The van der Waals surface area contributed by atoms with Crippen LogP contribution in [0.15, 0.2) is 35.7 Å². The predicted octanol–water partition coefficient (Wildman–Crippen LogP) is 4.53. The lowest BCUT2D eigenvalue weighted by Crippen LogP contribution is -2.21. The normalized spacial score (nSPS) is 12.3. The molecule has 0 aliphatic rings. The molecule has 2 aromatic rings. The van der Waals surface area contributed by atoms with Crippen LogP contribution < -0.4 is 10.1 Å². The third-order valence-corrected chi connectivity index (χ3v) is 3.95. The van der Waals surface area contributed by atoms with E-state index in [1.54, 1.807) is 17.4 Å². The van der Waals surface area contributed by atoms with Crippen molar-refractivity contribution in [2.24, 2.45) is 0 Å². The van der Waals surface area contributed by atoms with Crippen molar-refractivity contribution in [2.45, 2.75) is 32.9 Å². The Kier molecular flexibility index (Phi) is 5.56. The second-order valence-corrected chi connectivity index (χ2v) is 5.73. The SMILES string of the molecule is CCCNC(C)c1c(F)cccc1OCc1cccs1. The highest BCUT2D eigenvalue weighted by Crippen LogP contribution is 2.29. The lowest BCUT2D eigenvalue weighted by molar-refractivity contribution is 0.300. The highest BCUT2D eigenvalue weighted by Gasteiger charge is 2.16. The summed E-state index contributed by atoms with van der Waals surface area (Å²) in [6.45, 7) is 5.40. The molecule has 0 saturated carbocycles. The molecule has 1 heterocycles. The molecule has 0 aliphatic heterocycles. The fourth-order valence-corrected chi connectivity index (χ4v) is 2.69. The molecule has 108 valence electrons. The molecular weight excluding hydrogens is 273 g/mol. The molecule has 2 rings (SSSR count). The molecule has 0 amide bonds. The third kappa shape index (κ3) is 3.81. The van der Waals surface area contributed by atoms with Crippen molar-refractivity contribution in [3.8, 4) is 5.75 Å². The van der Waals surface area contributed by atoms with E-state index < -0.39 is 0 Å². The number of thiophene rings is 1. The first-order valence-electron chi connectivity index (χ1n) is 6.89. The standard InChI is InChI=1S/C16H20FNOS/c1-3-9-18-12(2)16-14(17)7-4-8-15(16)19-11-13-6-5-10-20-13/h4-8,10,12,18H,3,9,11H2,1-2H3. The molecule has 0 bridgehead atoms. The lowest BCUT2D eigenvalue weighted by Gasteiger charge is -2.18. The second kappa shape index (κ2) is 7.41. The molecule has 4 heteroatoms. The maximum Gasteiger partial charge on any atom is 0.131 e. The summed E-state index contributed by atoms with van der Waals surface area (Å²) in [4.78, 5) is 1.13. The Bertz CT molecular complexity index is 527. The first kappa shape index (κ1) is 15.0. The topological polar surface area (TPSA) is 21.3 Å². The lowest BCUT2D eigenvalue weighted by atomic mass is 10.1. The summed E-state index contributed by atoms with van der Waals surface area (Å²) in [7, 11) is 0. The summed E-state index contributed by atoms with van der Waals surface area (Å²) in [5.74, 6) is 0.402. The zero-order valence-corrected chi connectivity index (χ0v) is 12.7. The summed E-state index contributed by atoms with van der Waals surface area (Å²) in [6, 6.07) is 8.95. The number of halogens is 1. The largest absolute Gasteiger partial charge is 0.488 e. The van der Waals surface area contributed by atoms with Gasteiger partial charge in [-0.15, -0.1) is 11.3 Å². The van der Waals surface area contributed by atoms with Crippen molar-refractivity contribution in [1.82, 2.24) is 5.32 Å². The molecular formula is C16H20FNOS. The molecule has 1 atom stereocenters. The van der Waals surface area contributed by atoms with Crippen LogP contribution in [0.2, 0.25) is 0 Å². The minimum atomic E-state index is -0.218. The van der Waals surface area contributed by atoms with Crippen LogP contribution in [-0.4, -0.2) is 6.54 Å². The quantitative estimate of drug-likeness (QED) is 0.810. The Morgan fingerprint density at radius 1 is 1.30 bits per heavy atom. The summed E-state index contributed by atoms with van der Waals surface area (Å²) in [5.41, 5.74) is 0.609. The van der Waals surface area contributed by atoms with Crippen LogP contribution in [0.1, 0.15) is 36.8 Å². The van der Waals surface area contributed by atoms with E-state index in [2.05, 4.69) is 12.2 Å². The highest BCUT2D eigenvalue weighted by molar-refractivity contribution is 7.09. The molecule has 1 aromatic carbocycles. The van der Waals surface area contributed by atoms with E-state index in [0.29, 0.717) is 17.9 Å². The number of benzene rings is 1. The maximum absolute atomic E-state index is 14.1. The zero-order chi connectivity index (χ0) is 14.4. The molecule has 0 radical (unpaired) electrons. The van der Waals surface area contributed by atoms with Gasteiger partial charge in [0.15, 0.2) is 0 Å². The Morgan fingerprint density at radius 2 is 2.15 bits per heavy atom. The molecule has 0 spiro atoms. The summed E-state index contributed by atoms with van der Waals surface area (Å²) in [6.07, 6.45) is 1.02. The number of rotatable bonds is 7. The molecule has 0 fully saturated rings. The van der Waals surface area contributed by atoms with Gasteiger partial charge in [0.05, 0.1) is 0 Å². The predicted molar refractivity (Wildman–Crippen MR) is 81.8 cm³/mol. The fraction of sp³-hybridized carbons (Fsp3) is 0.375. The number of ether oxygens (including phenoxy) is 1. The molecule has 2 nitrogen and oxygen atoms in total. The Balaban J connectivity index is 2.12. The summed E-state index contributed by atoms with van der Waals surface area (Å²) < 4.78 is 19.9. The van der Waals surface area contributed by atoms with Crippen LogP contribution >= 0.6 is 11.3 Å². The van der Waals surface area contributed by atoms with Gasteiger partial charge in [-0.1, -0.05) is 19.1 Å². The van der Waals surface area contributed by atoms with Gasteiger partial charge in [0.25, 0.3) is 0 Å². The van der Waals surface area contributed by atoms with Gasteiger partial charge in [0.2, 0.25) is 0 Å². The number of hydrogen-bond donors (Lipinski definition) is 1. The van der Waals surface area contributed by atoms with Gasteiger partial charge in [-0.2, -0.15) is 0 Å². The smallest absolute Gasteiger partial charge is 0.131 e. The molecule has 20 heavy (non-hydrogen) atoms. The maximum atomic E-state index is 14.1. The molecule has 1 aromatic heterocycles. The summed E-state index contributed by atoms with van der Waals surface area (Å²) in [5, 5.41) is 5.32. The Morgan fingerprint density at radius 3 is 2.85 bits per heavy atom. The molecule has 0 aliphatic carbocycles. The average Bonchev–Trinajstić information content (AvgIpc) is 2.95. The minimum Gasteiger partial charge on any atom is -0.488 e. The van der Waals surface area contributed by atoms with Crippen LogP contribution in [-0.2, 0) is 6.61 Å². The minimum absolute atomic E-state index is 0.0607. The third-order valence-electron chi connectivity index (χ3n) is 3.10. The van der Waals surface area contributed by atoms with Crippen molar-refractivity contribution in [3.05, 3.63) is 52.0 Å². The van der Waals surface area contributed by atoms with E-state index in [-0.39, 0.29) is 11.9 Å². The first-order chi connectivity index (χ1) is 9.72. The zero-order valence-electron chi connectivity index (χ0n) is 11.9. The summed E-state index contributed by atoms with van der Waals surface area (Å²) >= 11 is 1.64. The van der Waals surface area contributed by atoms with Gasteiger partial charge >= 0.3 is 0 Å². The highest BCUT2D eigenvalue weighted by atomic mass is 32.1. The molecule has 0 saturated heterocycles. The van der Waals surface area contributed by atoms with Gasteiger partial charge in [-0.25, -0.2) is 4.39 Å². The number of nitrogens with one attached hydrogen (secondary N) is 1. The first-order valence-corrected chi connectivity index (χ1v) is 7.77. The van der Waals surface area contributed by atoms with Crippen LogP contribution in [0.25, 0.3) is 0 Å². The van der Waals surface area contributed by atoms with Gasteiger partial charge in [0.1, 0.15) is 18.2 Å². The van der Waals surface area contributed by atoms with Crippen LogP contribution in [0.3, 0.4) is 0 Å². The Labute approximate surface area is 123 Å². The number of hydrogen-bond acceptors (Lipinski definition) is 3. The van der Waals surface area contributed by atoms with E-state index in [0.717, 1.165) is 17.8 Å². The van der Waals surface area contributed by atoms with Gasteiger partial charge in [-0.05, 0) is 43.5 Å². The second-order valence-electron chi connectivity index (χ2n) is 4.70. The van der Waals surface area contributed by atoms with Gasteiger partial charge < -0.3 is 10.1 Å².